The van der Waals surface area contributed by atoms with Crippen LogP contribution in [0.2, 0.25) is 0 Å². The van der Waals surface area contributed by atoms with Gasteiger partial charge in [0.2, 0.25) is 5.91 Å². The van der Waals surface area contributed by atoms with Gasteiger partial charge in [-0.3, -0.25) is 4.79 Å². The first-order chi connectivity index (χ1) is 8.48. The van der Waals surface area contributed by atoms with E-state index in [1.54, 1.807) is 0 Å². The highest BCUT2D eigenvalue weighted by Crippen LogP contribution is 2.34. The third kappa shape index (κ3) is 3.18. The standard InChI is InChI=1S/C13H20F3NO/c14-13(15,16)11-7-3-4-8-17(11)12(18)9-10-5-1-2-6-10/h10-11H,1-9H2. The van der Waals surface area contributed by atoms with Crippen molar-refractivity contribution in [3.63, 3.8) is 0 Å². The second kappa shape index (κ2) is 5.49. The van der Waals surface area contributed by atoms with E-state index in [9.17, 15) is 18.0 Å². The van der Waals surface area contributed by atoms with E-state index >= 15 is 0 Å². The molecule has 104 valence electrons. The van der Waals surface area contributed by atoms with Gasteiger partial charge in [0, 0.05) is 13.0 Å². The lowest BCUT2D eigenvalue weighted by atomic mass is 9.98. The first-order valence-electron chi connectivity index (χ1n) is 6.84. The molecule has 2 aliphatic rings. The molecule has 1 aliphatic heterocycles. The quantitative estimate of drug-likeness (QED) is 0.746. The lowest BCUT2D eigenvalue weighted by Crippen LogP contribution is -2.51. The number of carbonyl (C=O) groups is 1. The largest absolute Gasteiger partial charge is 0.408 e. The first kappa shape index (κ1) is 13.7. The molecule has 0 spiro atoms. The maximum absolute atomic E-state index is 12.9. The van der Waals surface area contributed by atoms with Crippen molar-refractivity contribution >= 4 is 5.91 Å². The predicted molar refractivity (Wildman–Crippen MR) is 62.0 cm³/mol. The molecule has 1 atom stereocenters. The Kier molecular flexibility index (Phi) is 4.17. The molecule has 0 aromatic heterocycles. The molecule has 0 bridgehead atoms. The van der Waals surface area contributed by atoms with E-state index < -0.39 is 12.2 Å². The summed E-state index contributed by atoms with van der Waals surface area (Å²) in [5.74, 6) is 0.0252. The number of alkyl halides is 3. The fourth-order valence-corrected chi connectivity index (χ4v) is 3.15. The third-order valence-corrected chi connectivity index (χ3v) is 4.14. The number of likely N-dealkylation sites (tertiary alicyclic amines) is 1. The van der Waals surface area contributed by atoms with Gasteiger partial charge in [-0.15, -0.1) is 0 Å². The SMILES string of the molecule is O=C(CC1CCCC1)N1CCCCC1C(F)(F)F. The Morgan fingerprint density at radius 3 is 2.28 bits per heavy atom. The fourth-order valence-electron chi connectivity index (χ4n) is 3.15. The molecule has 18 heavy (non-hydrogen) atoms. The number of rotatable bonds is 2. The summed E-state index contributed by atoms with van der Waals surface area (Å²) >= 11 is 0. The number of hydrogen-bond acceptors (Lipinski definition) is 1. The van der Waals surface area contributed by atoms with E-state index in [0.29, 0.717) is 25.2 Å². The minimum absolute atomic E-state index is 0.0694. The molecule has 1 heterocycles. The molecule has 2 fully saturated rings. The summed E-state index contributed by atoms with van der Waals surface area (Å²) in [6.45, 7) is 0.274. The molecule has 1 saturated heterocycles. The molecular formula is C13H20F3NO. The van der Waals surface area contributed by atoms with Gasteiger partial charge in [0.25, 0.3) is 0 Å². The summed E-state index contributed by atoms with van der Waals surface area (Å²) in [4.78, 5) is 13.1. The highest BCUT2D eigenvalue weighted by atomic mass is 19.4. The van der Waals surface area contributed by atoms with Gasteiger partial charge in [0.1, 0.15) is 6.04 Å². The smallest absolute Gasteiger partial charge is 0.331 e. The van der Waals surface area contributed by atoms with Gasteiger partial charge in [-0.1, -0.05) is 12.8 Å². The number of halogens is 3. The van der Waals surface area contributed by atoms with E-state index in [0.717, 1.165) is 30.6 Å². The normalized spacial score (nSPS) is 26.6. The summed E-state index contributed by atoms with van der Waals surface area (Å²) in [5.41, 5.74) is 0. The van der Waals surface area contributed by atoms with Gasteiger partial charge in [0.15, 0.2) is 0 Å². The Bertz CT molecular complexity index is 297. The summed E-state index contributed by atoms with van der Waals surface area (Å²) < 4.78 is 38.6. The van der Waals surface area contributed by atoms with Crippen molar-refractivity contribution in [3.05, 3.63) is 0 Å². The van der Waals surface area contributed by atoms with Crippen LogP contribution < -0.4 is 0 Å². The van der Waals surface area contributed by atoms with Crippen molar-refractivity contribution in [1.82, 2.24) is 4.90 Å². The van der Waals surface area contributed by atoms with Gasteiger partial charge in [-0.05, 0) is 38.0 Å². The highest BCUT2D eigenvalue weighted by molar-refractivity contribution is 5.77. The van der Waals surface area contributed by atoms with Gasteiger partial charge < -0.3 is 4.90 Å². The van der Waals surface area contributed by atoms with Crippen molar-refractivity contribution in [2.45, 2.75) is 63.6 Å². The van der Waals surface area contributed by atoms with Crippen LogP contribution >= 0.6 is 0 Å². The van der Waals surface area contributed by atoms with Crippen LogP contribution in [0.3, 0.4) is 0 Å². The number of hydrogen-bond donors (Lipinski definition) is 0. The van der Waals surface area contributed by atoms with E-state index in [2.05, 4.69) is 0 Å². The Hall–Kier alpha value is -0.740. The second-order valence-electron chi connectivity index (χ2n) is 5.49. The second-order valence-corrected chi connectivity index (χ2v) is 5.49. The van der Waals surface area contributed by atoms with Gasteiger partial charge in [-0.25, -0.2) is 0 Å². The summed E-state index contributed by atoms with van der Waals surface area (Å²) in [5, 5.41) is 0. The highest BCUT2D eigenvalue weighted by Gasteiger charge is 2.46. The molecule has 0 aromatic rings. The maximum Gasteiger partial charge on any atom is 0.408 e. The fraction of sp³-hybridized carbons (Fsp3) is 0.923. The molecular weight excluding hydrogens is 243 g/mol. The Balaban J connectivity index is 1.97. The Morgan fingerprint density at radius 1 is 1.06 bits per heavy atom. The topological polar surface area (TPSA) is 20.3 Å². The van der Waals surface area contributed by atoms with Crippen LogP contribution in [0, 0.1) is 5.92 Å². The Labute approximate surface area is 106 Å². The molecule has 1 saturated carbocycles. The molecule has 1 aliphatic carbocycles. The Morgan fingerprint density at radius 2 is 1.67 bits per heavy atom. The number of nitrogens with zero attached hydrogens (tertiary/aromatic N) is 1. The monoisotopic (exact) mass is 263 g/mol. The van der Waals surface area contributed by atoms with Gasteiger partial charge in [0.05, 0.1) is 0 Å². The van der Waals surface area contributed by atoms with Crippen LogP contribution in [-0.4, -0.2) is 29.6 Å². The van der Waals surface area contributed by atoms with Crippen LogP contribution in [-0.2, 0) is 4.79 Å². The lowest BCUT2D eigenvalue weighted by Gasteiger charge is -2.37. The van der Waals surface area contributed by atoms with E-state index in [-0.39, 0.29) is 18.9 Å². The average Bonchev–Trinajstić information content (AvgIpc) is 2.80. The summed E-state index contributed by atoms with van der Waals surface area (Å²) in [7, 11) is 0. The summed E-state index contributed by atoms with van der Waals surface area (Å²) in [6, 6.07) is -1.54. The van der Waals surface area contributed by atoms with Crippen molar-refractivity contribution in [2.75, 3.05) is 6.54 Å². The van der Waals surface area contributed by atoms with Crippen LogP contribution in [0.25, 0.3) is 0 Å². The van der Waals surface area contributed by atoms with Crippen molar-refractivity contribution in [2.24, 2.45) is 5.92 Å². The summed E-state index contributed by atoms with van der Waals surface area (Å²) in [6.07, 6.45) is 1.59. The third-order valence-electron chi connectivity index (χ3n) is 4.14. The van der Waals surface area contributed by atoms with E-state index in [4.69, 9.17) is 0 Å². The number of piperidine rings is 1. The molecule has 0 N–H and O–H groups in total. The molecule has 5 heteroatoms. The maximum atomic E-state index is 12.9. The van der Waals surface area contributed by atoms with Crippen LogP contribution in [0.4, 0.5) is 13.2 Å². The van der Waals surface area contributed by atoms with Crippen LogP contribution in [0.15, 0.2) is 0 Å². The van der Waals surface area contributed by atoms with Crippen molar-refractivity contribution < 1.29 is 18.0 Å². The molecule has 0 aromatic carbocycles. The predicted octanol–water partition coefficient (Wildman–Crippen LogP) is 3.51. The molecule has 2 rings (SSSR count). The molecule has 2 nitrogen and oxygen atoms in total. The zero-order valence-electron chi connectivity index (χ0n) is 10.5. The minimum atomic E-state index is -4.27. The zero-order chi connectivity index (χ0) is 13.2. The average molecular weight is 263 g/mol. The molecule has 1 unspecified atom stereocenters. The molecule has 0 radical (unpaired) electrons. The van der Waals surface area contributed by atoms with Crippen molar-refractivity contribution in [1.29, 1.82) is 0 Å². The molecule has 1 amide bonds. The minimum Gasteiger partial charge on any atom is -0.331 e. The number of amides is 1. The van der Waals surface area contributed by atoms with Gasteiger partial charge in [-0.2, -0.15) is 13.2 Å². The van der Waals surface area contributed by atoms with E-state index in [1.165, 1.54) is 0 Å². The first-order valence-corrected chi connectivity index (χ1v) is 6.84. The lowest BCUT2D eigenvalue weighted by molar-refractivity contribution is -0.196. The van der Waals surface area contributed by atoms with E-state index in [1.807, 2.05) is 0 Å². The van der Waals surface area contributed by atoms with Gasteiger partial charge >= 0.3 is 6.18 Å². The van der Waals surface area contributed by atoms with Crippen molar-refractivity contribution in [3.8, 4) is 0 Å². The zero-order valence-corrected chi connectivity index (χ0v) is 10.5. The van der Waals surface area contributed by atoms with Crippen LogP contribution in [0.5, 0.6) is 0 Å². The number of carbonyl (C=O) groups excluding carboxylic acids is 1. The van der Waals surface area contributed by atoms with Crippen LogP contribution in [0.1, 0.15) is 51.4 Å².